The van der Waals surface area contributed by atoms with Crippen molar-refractivity contribution < 1.29 is 0 Å². The molecule has 0 unspecified atom stereocenters. The summed E-state index contributed by atoms with van der Waals surface area (Å²) in [4.78, 5) is 6.94. The Bertz CT molecular complexity index is 857. The Kier molecular flexibility index (Phi) is 4.30. The Hall–Kier alpha value is -2.01. The first-order valence-corrected chi connectivity index (χ1v) is 8.77. The van der Waals surface area contributed by atoms with Gasteiger partial charge < -0.3 is 10.2 Å². The Labute approximate surface area is 151 Å². The normalized spacial score (nSPS) is 11.8. The van der Waals surface area contributed by atoms with Gasteiger partial charge in [-0.15, -0.1) is 0 Å². The molecule has 0 amide bonds. The van der Waals surface area contributed by atoms with Gasteiger partial charge in [-0.3, -0.25) is 4.40 Å². The van der Waals surface area contributed by atoms with Crippen LogP contribution in [0.2, 0.25) is 0 Å². The van der Waals surface area contributed by atoms with Crippen LogP contribution in [0.15, 0.2) is 47.1 Å². The van der Waals surface area contributed by atoms with Crippen LogP contribution in [0.4, 0.5) is 11.5 Å². The van der Waals surface area contributed by atoms with Gasteiger partial charge in [0, 0.05) is 41.6 Å². The second kappa shape index (κ2) is 6.13. The lowest BCUT2D eigenvalue weighted by molar-refractivity contribution is 0.629. The summed E-state index contributed by atoms with van der Waals surface area (Å²) in [5.74, 6) is 1.01. The van der Waals surface area contributed by atoms with Crippen molar-refractivity contribution in [2.45, 2.75) is 26.3 Å². The first kappa shape index (κ1) is 16.8. The number of benzene rings is 1. The zero-order chi connectivity index (χ0) is 17.5. The maximum atomic E-state index is 4.85. The summed E-state index contributed by atoms with van der Waals surface area (Å²) in [6, 6.07) is 12.5. The lowest BCUT2D eigenvalue weighted by Crippen LogP contribution is -2.27. The van der Waals surface area contributed by atoms with Gasteiger partial charge in [0.1, 0.15) is 17.2 Å². The average molecular weight is 387 g/mol. The highest BCUT2D eigenvalue weighted by Crippen LogP contribution is 2.32. The van der Waals surface area contributed by atoms with Gasteiger partial charge in [-0.1, -0.05) is 12.1 Å². The zero-order valence-electron chi connectivity index (χ0n) is 14.8. The lowest BCUT2D eigenvalue weighted by atomic mass is 10.1. The summed E-state index contributed by atoms with van der Waals surface area (Å²) in [5, 5.41) is 3.61. The standard InChI is InChI=1S/C19H23BrN4/c1-19(2,3)22-18-17(13-6-9-15(10-7-13)23(4)5)21-16-11-8-14(20)12-24(16)18/h6-12,22H,1-5H3. The van der Waals surface area contributed by atoms with E-state index in [1.807, 2.05) is 32.4 Å². The number of pyridine rings is 1. The van der Waals surface area contributed by atoms with Crippen LogP contribution in [0.5, 0.6) is 0 Å². The summed E-state index contributed by atoms with van der Waals surface area (Å²) < 4.78 is 3.13. The maximum absolute atomic E-state index is 4.85. The van der Waals surface area contributed by atoms with E-state index in [2.05, 4.69) is 75.6 Å². The first-order valence-electron chi connectivity index (χ1n) is 7.98. The highest BCUT2D eigenvalue weighted by molar-refractivity contribution is 9.10. The Morgan fingerprint density at radius 3 is 2.29 bits per heavy atom. The molecule has 24 heavy (non-hydrogen) atoms. The van der Waals surface area contributed by atoms with Crippen molar-refractivity contribution in [3.8, 4) is 11.3 Å². The lowest BCUT2D eigenvalue weighted by Gasteiger charge is -2.22. The SMILES string of the molecule is CN(C)c1ccc(-c2nc3ccc(Br)cn3c2NC(C)(C)C)cc1. The van der Waals surface area contributed by atoms with Crippen molar-refractivity contribution in [2.75, 3.05) is 24.3 Å². The molecule has 2 heterocycles. The first-order chi connectivity index (χ1) is 11.2. The molecule has 0 aliphatic rings. The minimum Gasteiger partial charge on any atom is -0.378 e. The number of anilines is 2. The van der Waals surface area contributed by atoms with Gasteiger partial charge in [-0.05, 0) is 61.0 Å². The molecule has 5 heteroatoms. The van der Waals surface area contributed by atoms with Gasteiger partial charge in [0.05, 0.1) is 0 Å². The van der Waals surface area contributed by atoms with Crippen molar-refractivity contribution in [1.82, 2.24) is 9.38 Å². The van der Waals surface area contributed by atoms with Crippen LogP contribution in [0.1, 0.15) is 20.8 Å². The predicted octanol–water partition coefficient (Wildman–Crippen LogP) is 5.04. The fourth-order valence-corrected chi connectivity index (χ4v) is 2.95. The molecule has 0 aliphatic heterocycles. The van der Waals surface area contributed by atoms with E-state index in [4.69, 9.17) is 4.98 Å². The van der Waals surface area contributed by atoms with Crippen molar-refractivity contribution >= 4 is 33.1 Å². The van der Waals surface area contributed by atoms with Crippen LogP contribution in [0.25, 0.3) is 16.9 Å². The molecule has 0 bridgehead atoms. The molecule has 3 aromatic rings. The van der Waals surface area contributed by atoms with Crippen molar-refractivity contribution in [3.63, 3.8) is 0 Å². The summed E-state index contributed by atoms with van der Waals surface area (Å²) >= 11 is 3.56. The molecule has 0 saturated carbocycles. The van der Waals surface area contributed by atoms with Gasteiger partial charge in [0.2, 0.25) is 0 Å². The predicted molar refractivity (Wildman–Crippen MR) is 106 cm³/mol. The van der Waals surface area contributed by atoms with Crippen LogP contribution in [-0.4, -0.2) is 29.0 Å². The molecule has 0 fully saturated rings. The molecule has 0 atom stereocenters. The highest BCUT2D eigenvalue weighted by Gasteiger charge is 2.19. The Morgan fingerprint density at radius 1 is 1.04 bits per heavy atom. The van der Waals surface area contributed by atoms with Crippen molar-refractivity contribution in [3.05, 3.63) is 47.1 Å². The number of aromatic nitrogens is 2. The molecule has 0 saturated heterocycles. The van der Waals surface area contributed by atoms with Crippen LogP contribution in [0.3, 0.4) is 0 Å². The van der Waals surface area contributed by atoms with E-state index in [0.29, 0.717) is 0 Å². The van der Waals surface area contributed by atoms with E-state index in [-0.39, 0.29) is 5.54 Å². The van der Waals surface area contributed by atoms with Crippen LogP contribution in [0, 0.1) is 0 Å². The smallest absolute Gasteiger partial charge is 0.139 e. The third-order valence-corrected chi connectivity index (χ3v) is 4.20. The van der Waals surface area contributed by atoms with E-state index in [0.717, 1.165) is 27.2 Å². The number of hydrogen-bond acceptors (Lipinski definition) is 3. The van der Waals surface area contributed by atoms with Gasteiger partial charge in [-0.2, -0.15) is 0 Å². The van der Waals surface area contributed by atoms with Crippen LogP contribution < -0.4 is 10.2 Å². The van der Waals surface area contributed by atoms with E-state index in [1.165, 1.54) is 5.69 Å². The fourth-order valence-electron chi connectivity index (χ4n) is 2.61. The number of imidazole rings is 1. The summed E-state index contributed by atoms with van der Waals surface area (Å²) in [6.45, 7) is 6.47. The van der Waals surface area contributed by atoms with Gasteiger partial charge in [0.15, 0.2) is 0 Å². The molecule has 126 valence electrons. The molecule has 3 rings (SSSR count). The monoisotopic (exact) mass is 386 g/mol. The molecule has 2 aromatic heterocycles. The molecule has 0 radical (unpaired) electrons. The largest absolute Gasteiger partial charge is 0.378 e. The van der Waals surface area contributed by atoms with E-state index in [9.17, 15) is 0 Å². The zero-order valence-corrected chi connectivity index (χ0v) is 16.3. The second-order valence-electron chi connectivity index (χ2n) is 7.20. The minimum atomic E-state index is -0.0589. The van der Waals surface area contributed by atoms with Gasteiger partial charge in [-0.25, -0.2) is 4.98 Å². The number of hydrogen-bond donors (Lipinski definition) is 1. The minimum absolute atomic E-state index is 0.0589. The Morgan fingerprint density at radius 2 is 1.71 bits per heavy atom. The van der Waals surface area contributed by atoms with Crippen LogP contribution >= 0.6 is 15.9 Å². The van der Waals surface area contributed by atoms with E-state index in [1.54, 1.807) is 0 Å². The molecule has 0 aliphatic carbocycles. The molecular formula is C19H23BrN4. The third kappa shape index (κ3) is 3.41. The maximum Gasteiger partial charge on any atom is 0.139 e. The quantitative estimate of drug-likeness (QED) is 0.684. The second-order valence-corrected chi connectivity index (χ2v) is 8.12. The molecule has 4 nitrogen and oxygen atoms in total. The fraction of sp³-hybridized carbons (Fsp3) is 0.316. The number of halogens is 1. The number of nitrogens with zero attached hydrogens (tertiary/aromatic N) is 3. The van der Waals surface area contributed by atoms with Crippen molar-refractivity contribution in [2.24, 2.45) is 0 Å². The molecular weight excluding hydrogens is 364 g/mol. The average Bonchev–Trinajstić information content (AvgIpc) is 2.84. The van der Waals surface area contributed by atoms with Crippen molar-refractivity contribution in [1.29, 1.82) is 0 Å². The number of rotatable bonds is 3. The molecule has 0 spiro atoms. The summed E-state index contributed by atoms with van der Waals surface area (Å²) in [6.07, 6.45) is 2.05. The van der Waals surface area contributed by atoms with Gasteiger partial charge >= 0.3 is 0 Å². The third-order valence-electron chi connectivity index (χ3n) is 3.73. The van der Waals surface area contributed by atoms with E-state index < -0.39 is 0 Å². The molecule has 1 aromatic carbocycles. The molecule has 1 N–H and O–H groups in total. The van der Waals surface area contributed by atoms with E-state index >= 15 is 0 Å². The number of nitrogens with one attached hydrogen (secondary N) is 1. The van der Waals surface area contributed by atoms with Gasteiger partial charge in [0.25, 0.3) is 0 Å². The Balaban J connectivity index is 2.17. The summed E-state index contributed by atoms with van der Waals surface area (Å²) in [5.41, 5.74) is 4.11. The number of fused-ring (bicyclic) bond motifs is 1. The summed E-state index contributed by atoms with van der Waals surface area (Å²) in [7, 11) is 4.09. The van der Waals surface area contributed by atoms with Crippen LogP contribution in [-0.2, 0) is 0 Å². The highest BCUT2D eigenvalue weighted by atomic mass is 79.9. The topological polar surface area (TPSA) is 32.6 Å².